The van der Waals surface area contributed by atoms with Gasteiger partial charge in [-0.05, 0) is 12.8 Å². The molecule has 1 aromatic rings. The molecule has 0 fully saturated rings. The normalized spacial score (nSPS) is 9.62. The van der Waals surface area contributed by atoms with Crippen molar-refractivity contribution in [2.24, 2.45) is 0 Å². The fourth-order valence-electron chi connectivity index (χ4n) is 0.548. The van der Waals surface area contributed by atoms with Crippen LogP contribution in [0.15, 0.2) is 16.9 Å². The van der Waals surface area contributed by atoms with Gasteiger partial charge >= 0.3 is 0 Å². The minimum Gasteiger partial charge on any atom is -0.365 e. The van der Waals surface area contributed by atoms with E-state index < -0.39 is 0 Å². The first-order valence-electron chi connectivity index (χ1n) is 2.62. The first-order valence-corrected chi connectivity index (χ1v) is 2.62. The van der Waals surface area contributed by atoms with Crippen LogP contribution < -0.4 is 0 Å². The molecule has 0 spiro atoms. The van der Waals surface area contributed by atoms with Crippen LogP contribution in [0.4, 0.5) is 0 Å². The highest BCUT2D eigenvalue weighted by molar-refractivity contribution is 4.94. The van der Waals surface area contributed by atoms with Crippen molar-refractivity contribution in [3.8, 4) is 0 Å². The van der Waals surface area contributed by atoms with Crippen LogP contribution in [0.3, 0.4) is 0 Å². The summed E-state index contributed by atoms with van der Waals surface area (Å²) in [6.45, 7) is 3.68. The topological polar surface area (TPSA) is 26.0 Å². The average molecular weight is 110 g/mol. The summed E-state index contributed by atoms with van der Waals surface area (Å²) in [7, 11) is 0. The van der Waals surface area contributed by atoms with Crippen LogP contribution in [-0.2, 0) is 6.42 Å². The fraction of sp³-hybridized carbons (Fsp3) is 0.333. The predicted molar refractivity (Wildman–Crippen MR) is 30.2 cm³/mol. The summed E-state index contributed by atoms with van der Waals surface area (Å²) >= 11 is 0. The Morgan fingerprint density at radius 2 is 2.62 bits per heavy atom. The number of aryl methyl sites for hydroxylation is 1. The Hall–Kier alpha value is -0.790. The van der Waals surface area contributed by atoms with E-state index in [2.05, 4.69) is 16.6 Å². The molecule has 0 bridgehead atoms. The summed E-state index contributed by atoms with van der Waals surface area (Å²) in [6, 6.07) is 1.85. The molecule has 0 N–H and O–H groups in total. The third kappa shape index (κ3) is 1.09. The summed E-state index contributed by atoms with van der Waals surface area (Å²) in [4.78, 5) is 0. The van der Waals surface area contributed by atoms with Gasteiger partial charge in [0, 0.05) is 6.07 Å². The highest BCUT2D eigenvalue weighted by Crippen LogP contribution is 1.96. The molecule has 0 amide bonds. The monoisotopic (exact) mass is 110 g/mol. The summed E-state index contributed by atoms with van der Waals surface area (Å²) < 4.78 is 4.59. The van der Waals surface area contributed by atoms with Gasteiger partial charge in [-0.25, -0.2) is 0 Å². The van der Waals surface area contributed by atoms with Gasteiger partial charge in [0.15, 0.2) is 0 Å². The quantitative estimate of drug-likeness (QED) is 0.575. The summed E-state index contributed by atoms with van der Waals surface area (Å²) in [5.74, 6) is 0. The molecule has 1 radical (unpaired) electrons. The molecule has 0 aliphatic carbocycles. The Morgan fingerprint density at radius 3 is 3.12 bits per heavy atom. The van der Waals surface area contributed by atoms with E-state index in [4.69, 9.17) is 0 Å². The maximum Gasteiger partial charge on any atom is 0.124 e. The smallest absolute Gasteiger partial charge is 0.124 e. The van der Waals surface area contributed by atoms with E-state index in [1.807, 2.05) is 6.07 Å². The van der Waals surface area contributed by atoms with E-state index in [-0.39, 0.29) is 0 Å². The zero-order chi connectivity index (χ0) is 5.82. The van der Waals surface area contributed by atoms with Crippen molar-refractivity contribution in [2.75, 3.05) is 0 Å². The first kappa shape index (κ1) is 5.35. The maximum absolute atomic E-state index is 4.59. The lowest BCUT2D eigenvalue weighted by atomic mass is 10.3. The molecule has 0 saturated heterocycles. The standard InChI is InChI=1S/C6H8NO/c1-2-3-6-4-5-8-7-6/h4-5H,1-3H2. The zero-order valence-electron chi connectivity index (χ0n) is 4.63. The van der Waals surface area contributed by atoms with Crippen molar-refractivity contribution in [1.82, 2.24) is 5.16 Å². The Labute approximate surface area is 48.5 Å². The molecule has 43 valence electrons. The van der Waals surface area contributed by atoms with Gasteiger partial charge in [0.05, 0.1) is 5.69 Å². The molecule has 0 atom stereocenters. The van der Waals surface area contributed by atoms with Crippen LogP contribution in [0.5, 0.6) is 0 Å². The third-order valence-corrected chi connectivity index (χ3v) is 0.924. The highest BCUT2D eigenvalue weighted by atomic mass is 16.5. The van der Waals surface area contributed by atoms with Gasteiger partial charge in [-0.1, -0.05) is 12.1 Å². The molecule has 0 saturated carbocycles. The van der Waals surface area contributed by atoms with Crippen molar-refractivity contribution >= 4 is 0 Å². The van der Waals surface area contributed by atoms with Crippen LogP contribution in [0.2, 0.25) is 0 Å². The van der Waals surface area contributed by atoms with Crippen molar-refractivity contribution < 1.29 is 4.52 Å². The largest absolute Gasteiger partial charge is 0.365 e. The molecular weight excluding hydrogens is 102 g/mol. The van der Waals surface area contributed by atoms with Crippen molar-refractivity contribution in [2.45, 2.75) is 12.8 Å². The van der Waals surface area contributed by atoms with Crippen LogP contribution in [-0.4, -0.2) is 5.16 Å². The number of rotatable bonds is 2. The predicted octanol–water partition coefficient (Wildman–Crippen LogP) is 1.44. The van der Waals surface area contributed by atoms with Gasteiger partial charge in [-0.2, -0.15) is 0 Å². The number of aromatic nitrogens is 1. The summed E-state index contributed by atoms with van der Waals surface area (Å²) in [5.41, 5.74) is 0.986. The maximum atomic E-state index is 4.59. The second-order valence-corrected chi connectivity index (χ2v) is 1.59. The molecular formula is C6H8NO. The van der Waals surface area contributed by atoms with Crippen molar-refractivity contribution in [1.29, 1.82) is 0 Å². The minimum atomic E-state index is 0.881. The molecule has 0 aromatic carbocycles. The second kappa shape index (κ2) is 2.50. The van der Waals surface area contributed by atoms with Crippen LogP contribution in [0.25, 0.3) is 0 Å². The molecule has 0 aliphatic heterocycles. The Kier molecular flexibility index (Phi) is 1.67. The molecule has 1 heterocycles. The van der Waals surface area contributed by atoms with E-state index in [1.165, 1.54) is 0 Å². The van der Waals surface area contributed by atoms with Gasteiger partial charge < -0.3 is 4.52 Å². The van der Waals surface area contributed by atoms with Gasteiger partial charge in [0.25, 0.3) is 0 Å². The molecule has 1 aromatic heterocycles. The van der Waals surface area contributed by atoms with Gasteiger partial charge in [-0.3, -0.25) is 0 Å². The second-order valence-electron chi connectivity index (χ2n) is 1.59. The van der Waals surface area contributed by atoms with Crippen molar-refractivity contribution in [3.05, 3.63) is 24.9 Å². The van der Waals surface area contributed by atoms with E-state index in [9.17, 15) is 0 Å². The Balaban J connectivity index is 2.50. The number of hydrogen-bond donors (Lipinski definition) is 0. The van der Waals surface area contributed by atoms with Gasteiger partial charge in [0.1, 0.15) is 6.26 Å². The van der Waals surface area contributed by atoms with E-state index >= 15 is 0 Å². The number of nitrogens with zero attached hydrogens (tertiary/aromatic N) is 1. The molecule has 8 heavy (non-hydrogen) atoms. The summed E-state index contributed by atoms with van der Waals surface area (Å²) in [5, 5.41) is 3.69. The lowest BCUT2D eigenvalue weighted by molar-refractivity contribution is 0.411. The van der Waals surface area contributed by atoms with E-state index in [0.717, 1.165) is 18.5 Å². The zero-order valence-corrected chi connectivity index (χ0v) is 4.63. The lowest BCUT2D eigenvalue weighted by Gasteiger charge is -1.82. The van der Waals surface area contributed by atoms with Crippen LogP contribution in [0, 0.1) is 6.92 Å². The van der Waals surface area contributed by atoms with Crippen LogP contribution >= 0.6 is 0 Å². The molecule has 2 heteroatoms. The van der Waals surface area contributed by atoms with Gasteiger partial charge in [-0.15, -0.1) is 0 Å². The van der Waals surface area contributed by atoms with E-state index in [1.54, 1.807) is 6.26 Å². The molecule has 1 rings (SSSR count). The highest BCUT2D eigenvalue weighted by Gasteiger charge is 1.90. The molecule has 2 nitrogen and oxygen atoms in total. The van der Waals surface area contributed by atoms with Crippen LogP contribution in [0.1, 0.15) is 12.1 Å². The molecule has 0 unspecified atom stereocenters. The molecule has 0 aliphatic rings. The third-order valence-electron chi connectivity index (χ3n) is 0.924. The minimum absolute atomic E-state index is 0.881. The van der Waals surface area contributed by atoms with E-state index in [0.29, 0.717) is 0 Å². The SMILES string of the molecule is [CH2]CCc1ccon1. The Morgan fingerprint density at radius 1 is 1.75 bits per heavy atom. The average Bonchev–Trinajstić information content (AvgIpc) is 2.19. The van der Waals surface area contributed by atoms with Crippen molar-refractivity contribution in [3.63, 3.8) is 0 Å². The summed E-state index contributed by atoms with van der Waals surface area (Å²) in [6.07, 6.45) is 3.37. The van der Waals surface area contributed by atoms with Gasteiger partial charge in [0.2, 0.25) is 0 Å². The Bertz CT molecular complexity index is 134. The lowest BCUT2D eigenvalue weighted by Crippen LogP contribution is -1.79. The number of hydrogen-bond acceptors (Lipinski definition) is 2. The first-order chi connectivity index (χ1) is 3.93. The fourth-order valence-corrected chi connectivity index (χ4v) is 0.548.